The number of pyridine rings is 1. The number of hydrogen-bond acceptors (Lipinski definition) is 7. The maximum Gasteiger partial charge on any atom is 0.209 e. The van der Waals surface area contributed by atoms with Crippen LogP contribution in [0.1, 0.15) is 24.5 Å². The molecular formula is C21H25N7O2. The highest BCUT2D eigenvalue weighted by Crippen LogP contribution is 2.29. The summed E-state index contributed by atoms with van der Waals surface area (Å²) >= 11 is 0. The number of rotatable bonds is 6. The Hall–Kier alpha value is -3.38. The number of carbonyl (C=O) groups is 1. The Morgan fingerprint density at radius 1 is 1.43 bits per heavy atom. The van der Waals surface area contributed by atoms with Gasteiger partial charge in [-0.1, -0.05) is 0 Å². The number of aromatic nitrogens is 2. The van der Waals surface area contributed by atoms with E-state index in [0.29, 0.717) is 22.9 Å². The van der Waals surface area contributed by atoms with Gasteiger partial charge in [0, 0.05) is 61.5 Å². The van der Waals surface area contributed by atoms with Gasteiger partial charge in [-0.3, -0.25) is 14.7 Å². The average Bonchev–Trinajstić information content (AvgIpc) is 3.37. The summed E-state index contributed by atoms with van der Waals surface area (Å²) in [7, 11) is 1.57. The van der Waals surface area contributed by atoms with Crippen molar-refractivity contribution in [3.8, 4) is 11.8 Å². The number of ether oxygens (including phenoxy) is 1. The van der Waals surface area contributed by atoms with Gasteiger partial charge in [-0.05, 0) is 19.4 Å². The Bertz CT molecular complexity index is 1060. The molecule has 2 aromatic heterocycles. The Morgan fingerprint density at radius 3 is 2.87 bits per heavy atom. The van der Waals surface area contributed by atoms with E-state index in [-0.39, 0.29) is 6.04 Å². The summed E-state index contributed by atoms with van der Waals surface area (Å²) in [5, 5.41) is 13.5. The fourth-order valence-corrected chi connectivity index (χ4v) is 4.27. The molecule has 4 rings (SSSR count). The highest BCUT2D eigenvalue weighted by Gasteiger charge is 2.35. The summed E-state index contributed by atoms with van der Waals surface area (Å²) in [6.45, 7) is 5.37. The first-order valence-electron chi connectivity index (χ1n) is 9.93. The quantitative estimate of drug-likeness (QED) is 0.562. The molecule has 0 spiro atoms. The van der Waals surface area contributed by atoms with E-state index < -0.39 is 0 Å². The summed E-state index contributed by atoms with van der Waals surface area (Å²) in [4.78, 5) is 20.0. The van der Waals surface area contributed by atoms with E-state index >= 15 is 0 Å². The van der Waals surface area contributed by atoms with Gasteiger partial charge < -0.3 is 15.4 Å². The van der Waals surface area contributed by atoms with Gasteiger partial charge in [-0.25, -0.2) is 4.52 Å². The summed E-state index contributed by atoms with van der Waals surface area (Å²) in [6.07, 6.45) is 6.85. The largest absolute Gasteiger partial charge is 0.494 e. The zero-order chi connectivity index (χ0) is 21.3. The van der Waals surface area contributed by atoms with Crippen LogP contribution in [0.5, 0.6) is 5.75 Å². The van der Waals surface area contributed by atoms with Crippen LogP contribution in [0.15, 0.2) is 29.7 Å². The second kappa shape index (κ2) is 8.16. The fraction of sp³-hybridized carbons (Fsp3) is 0.429. The Labute approximate surface area is 175 Å². The van der Waals surface area contributed by atoms with Crippen molar-refractivity contribution in [3.05, 3.63) is 35.8 Å². The Morgan fingerprint density at radius 2 is 2.23 bits per heavy atom. The molecule has 0 aromatic carbocycles. The number of likely N-dealkylation sites (tertiary alicyclic amines) is 2. The smallest absolute Gasteiger partial charge is 0.209 e. The molecule has 2 saturated heterocycles. The first-order valence-corrected chi connectivity index (χ1v) is 9.93. The predicted molar refractivity (Wildman–Crippen MR) is 113 cm³/mol. The predicted octanol–water partition coefficient (Wildman–Crippen LogP) is 0.890. The third-order valence-electron chi connectivity index (χ3n) is 5.91. The van der Waals surface area contributed by atoms with Crippen molar-refractivity contribution in [1.29, 1.82) is 5.26 Å². The van der Waals surface area contributed by atoms with Crippen molar-refractivity contribution in [3.63, 3.8) is 0 Å². The Kier molecular flexibility index (Phi) is 5.42. The molecule has 1 atom stereocenters. The van der Waals surface area contributed by atoms with Crippen LogP contribution in [-0.2, 0) is 4.79 Å². The lowest BCUT2D eigenvalue weighted by atomic mass is 10.0. The molecule has 2 N–H and O–H groups in total. The van der Waals surface area contributed by atoms with Crippen LogP contribution >= 0.6 is 0 Å². The maximum absolute atomic E-state index is 10.9. The van der Waals surface area contributed by atoms with Crippen molar-refractivity contribution in [2.45, 2.75) is 25.4 Å². The second-order valence-corrected chi connectivity index (χ2v) is 7.71. The molecule has 4 heterocycles. The summed E-state index contributed by atoms with van der Waals surface area (Å²) in [6, 6.07) is 4.64. The molecule has 156 valence electrons. The number of carbonyl (C=O) groups excluding carboxylic acids is 1. The average molecular weight is 407 g/mol. The summed E-state index contributed by atoms with van der Waals surface area (Å²) in [5.41, 5.74) is 9.51. The number of amides is 1. The van der Waals surface area contributed by atoms with E-state index in [1.807, 2.05) is 24.1 Å². The van der Waals surface area contributed by atoms with Gasteiger partial charge in [-0.15, -0.1) is 0 Å². The van der Waals surface area contributed by atoms with Crippen LogP contribution in [0.3, 0.4) is 0 Å². The van der Waals surface area contributed by atoms with Gasteiger partial charge >= 0.3 is 0 Å². The number of aliphatic imine (C=N–C) groups is 1. The van der Waals surface area contributed by atoms with Crippen molar-refractivity contribution in [2.75, 3.05) is 33.3 Å². The Balaban J connectivity index is 1.51. The van der Waals surface area contributed by atoms with E-state index in [9.17, 15) is 10.1 Å². The third kappa shape index (κ3) is 3.50. The van der Waals surface area contributed by atoms with Gasteiger partial charge in [0.25, 0.3) is 0 Å². The van der Waals surface area contributed by atoms with Crippen molar-refractivity contribution < 1.29 is 9.53 Å². The lowest BCUT2D eigenvalue weighted by Crippen LogP contribution is -2.55. The fourth-order valence-electron chi connectivity index (χ4n) is 4.27. The number of fused-ring (bicyclic) bond motifs is 1. The number of nitrogens with zero attached hydrogens (tertiary/aromatic N) is 6. The SMILES string of the molecule is COc1cc(/C(=C/N)C(C)=NC2CN(C3CCN(C=O)C3)C2)cn2ncc(C#N)c12. The topological polar surface area (TPSA) is 112 Å². The standard InChI is InChI=1S/C21H25N7O2/c1-14(25-17-10-27(11-17)18-3-4-26(12-18)13-29)19(7-23)15-5-20(30-2)21-16(6-22)8-24-28(21)9-15/h5,7-9,13,17-18H,3-4,10-12,23H2,1-2H3/b19-7+,25-14?. The van der Waals surface area contributed by atoms with Crippen LogP contribution in [-0.4, -0.2) is 76.9 Å². The molecule has 9 nitrogen and oxygen atoms in total. The molecule has 0 saturated carbocycles. The normalized spacial score (nSPS) is 21.0. The van der Waals surface area contributed by atoms with Gasteiger partial charge in [0.05, 0.1) is 19.3 Å². The number of methoxy groups -OCH3 is 1. The minimum Gasteiger partial charge on any atom is -0.494 e. The minimum atomic E-state index is 0.214. The van der Waals surface area contributed by atoms with Crippen LogP contribution in [0, 0.1) is 11.3 Å². The molecule has 2 aliphatic heterocycles. The van der Waals surface area contributed by atoms with Crippen molar-refractivity contribution in [2.24, 2.45) is 10.7 Å². The number of nitriles is 1. The molecule has 0 radical (unpaired) electrons. The van der Waals surface area contributed by atoms with Crippen molar-refractivity contribution in [1.82, 2.24) is 19.4 Å². The lowest BCUT2D eigenvalue weighted by Gasteiger charge is -2.41. The zero-order valence-corrected chi connectivity index (χ0v) is 17.2. The molecule has 9 heteroatoms. The first kappa shape index (κ1) is 19.9. The molecule has 2 aromatic rings. The molecule has 0 bridgehead atoms. The highest BCUT2D eigenvalue weighted by molar-refractivity contribution is 6.22. The third-order valence-corrected chi connectivity index (χ3v) is 5.91. The number of hydrogen-bond donors (Lipinski definition) is 1. The molecule has 0 aliphatic carbocycles. The molecule has 30 heavy (non-hydrogen) atoms. The van der Waals surface area contributed by atoms with Gasteiger partial charge in [0.2, 0.25) is 6.41 Å². The van der Waals surface area contributed by atoms with E-state index in [1.165, 1.54) is 6.20 Å². The summed E-state index contributed by atoms with van der Waals surface area (Å²) in [5.74, 6) is 0.560. The second-order valence-electron chi connectivity index (χ2n) is 7.71. The first-order chi connectivity index (χ1) is 14.6. The number of nitrogens with two attached hydrogens (primary N) is 1. The molecule has 1 unspecified atom stereocenters. The molecule has 2 aliphatic rings. The van der Waals surface area contributed by atoms with Crippen LogP contribution in [0.2, 0.25) is 0 Å². The minimum absolute atomic E-state index is 0.214. The van der Waals surface area contributed by atoms with Gasteiger partial charge in [-0.2, -0.15) is 10.4 Å². The van der Waals surface area contributed by atoms with Crippen molar-refractivity contribution >= 4 is 23.2 Å². The molecular weight excluding hydrogens is 382 g/mol. The van der Waals surface area contributed by atoms with E-state index in [0.717, 1.165) is 55.9 Å². The lowest BCUT2D eigenvalue weighted by molar-refractivity contribution is -0.117. The van der Waals surface area contributed by atoms with Gasteiger partial charge in [0.1, 0.15) is 22.9 Å². The molecule has 2 fully saturated rings. The van der Waals surface area contributed by atoms with Crippen LogP contribution in [0.25, 0.3) is 11.1 Å². The number of allylic oxidation sites excluding steroid dienone is 1. The summed E-state index contributed by atoms with van der Waals surface area (Å²) < 4.78 is 7.12. The highest BCUT2D eigenvalue weighted by atomic mass is 16.5. The molecule has 1 amide bonds. The van der Waals surface area contributed by atoms with E-state index in [4.69, 9.17) is 15.5 Å². The van der Waals surface area contributed by atoms with Crippen LogP contribution in [0.4, 0.5) is 0 Å². The zero-order valence-electron chi connectivity index (χ0n) is 17.2. The van der Waals surface area contributed by atoms with Gasteiger partial charge in [0.15, 0.2) is 0 Å². The maximum atomic E-state index is 10.9. The monoisotopic (exact) mass is 407 g/mol. The van der Waals surface area contributed by atoms with E-state index in [1.54, 1.807) is 17.8 Å². The van der Waals surface area contributed by atoms with Crippen LogP contribution < -0.4 is 10.5 Å². The van der Waals surface area contributed by atoms with E-state index in [2.05, 4.69) is 16.1 Å².